The Kier molecular flexibility index (Phi) is 4.15. The van der Waals surface area contributed by atoms with Crippen molar-refractivity contribution in [3.63, 3.8) is 0 Å². The summed E-state index contributed by atoms with van der Waals surface area (Å²) in [5, 5.41) is 1.27. The number of pyridine rings is 1. The molecule has 1 N–H and O–H groups in total. The molecule has 4 heterocycles. The van der Waals surface area contributed by atoms with E-state index in [9.17, 15) is 0 Å². The highest BCUT2D eigenvalue weighted by Gasteiger charge is 2.28. The maximum Gasteiger partial charge on any atom is 0.304 e. The van der Waals surface area contributed by atoms with Crippen LogP contribution in [-0.4, -0.2) is 29.7 Å². The van der Waals surface area contributed by atoms with Gasteiger partial charge in [0.15, 0.2) is 4.70 Å². The lowest BCUT2D eigenvalue weighted by molar-refractivity contribution is -0.396. The first-order chi connectivity index (χ1) is 12.9. The molecule has 0 amide bonds. The molecule has 1 aliphatic heterocycles. The Hall–Kier alpha value is -1.95. The van der Waals surface area contributed by atoms with Gasteiger partial charge in [-0.2, -0.15) is 0 Å². The number of aromatic amines is 1. The smallest absolute Gasteiger partial charge is 0.304 e. The normalized spacial score (nSPS) is 17.7. The second kappa shape index (κ2) is 6.65. The minimum Gasteiger partial charge on any atom is -0.461 e. The predicted molar refractivity (Wildman–Crippen MR) is 105 cm³/mol. The van der Waals surface area contributed by atoms with Gasteiger partial charge in [-0.05, 0) is 68.0 Å². The number of ether oxygens (including phenoxy) is 1. The maximum absolute atomic E-state index is 5.82. The van der Waals surface area contributed by atoms with Crippen LogP contribution in [0.3, 0.4) is 0 Å². The van der Waals surface area contributed by atoms with Crippen LogP contribution in [0.5, 0.6) is 5.88 Å². The molecule has 136 valence electrons. The van der Waals surface area contributed by atoms with Crippen molar-refractivity contribution in [1.29, 1.82) is 0 Å². The Labute approximate surface area is 157 Å². The summed E-state index contributed by atoms with van der Waals surface area (Å²) in [6, 6.07) is 0. The van der Waals surface area contributed by atoms with Crippen molar-refractivity contribution in [2.45, 2.75) is 51.9 Å². The largest absolute Gasteiger partial charge is 0.461 e. The van der Waals surface area contributed by atoms with Gasteiger partial charge in [-0.15, -0.1) is 11.3 Å². The number of anilines is 1. The third kappa shape index (κ3) is 2.54. The molecule has 0 unspecified atom stereocenters. The van der Waals surface area contributed by atoms with E-state index in [4.69, 9.17) is 9.72 Å². The van der Waals surface area contributed by atoms with Gasteiger partial charge in [0.25, 0.3) is 6.33 Å². The van der Waals surface area contributed by atoms with Gasteiger partial charge in [-0.3, -0.25) is 0 Å². The molecule has 6 heteroatoms. The maximum atomic E-state index is 5.82. The molecule has 0 radical (unpaired) electrons. The standard InChI is InChI=1S/C20H24N4OS/c1-2-25-19-17-16(21-12-22-19)15-13-8-4-5-9-14(13)18(23-20(15)26-17)24-10-6-3-7-11-24/h12H,2-11H2,1H3/p+1. The lowest BCUT2D eigenvalue weighted by atomic mass is 9.89. The first-order valence-electron chi connectivity index (χ1n) is 9.89. The number of nitrogens with one attached hydrogen (secondary N) is 1. The highest BCUT2D eigenvalue weighted by molar-refractivity contribution is 7.25. The van der Waals surface area contributed by atoms with Crippen molar-refractivity contribution in [2.24, 2.45) is 0 Å². The van der Waals surface area contributed by atoms with Crippen LogP contribution in [-0.2, 0) is 12.8 Å². The van der Waals surface area contributed by atoms with E-state index >= 15 is 0 Å². The molecule has 26 heavy (non-hydrogen) atoms. The van der Waals surface area contributed by atoms with E-state index in [0.717, 1.165) is 46.9 Å². The van der Waals surface area contributed by atoms with Gasteiger partial charge in [0.05, 0.1) is 12.0 Å². The number of H-pyrrole nitrogens is 1. The molecule has 3 aromatic heterocycles. The van der Waals surface area contributed by atoms with Crippen LogP contribution in [0.1, 0.15) is 50.2 Å². The van der Waals surface area contributed by atoms with E-state index < -0.39 is 0 Å². The molecule has 0 saturated carbocycles. The van der Waals surface area contributed by atoms with Crippen molar-refractivity contribution in [2.75, 3.05) is 24.6 Å². The molecule has 0 spiro atoms. The fraction of sp³-hybridized carbons (Fsp3) is 0.550. The van der Waals surface area contributed by atoms with Crippen LogP contribution in [0.25, 0.3) is 20.4 Å². The minimum atomic E-state index is 0.647. The van der Waals surface area contributed by atoms with Crippen LogP contribution < -0.4 is 14.6 Å². The highest BCUT2D eigenvalue weighted by atomic mass is 32.1. The fourth-order valence-electron chi connectivity index (χ4n) is 4.47. The number of rotatable bonds is 3. The lowest BCUT2D eigenvalue weighted by Crippen LogP contribution is -2.31. The fourth-order valence-corrected chi connectivity index (χ4v) is 5.58. The van der Waals surface area contributed by atoms with Gasteiger partial charge in [0, 0.05) is 13.1 Å². The topological polar surface area (TPSA) is 52.4 Å². The number of hydrogen-bond acceptors (Lipinski definition) is 5. The quantitative estimate of drug-likeness (QED) is 0.702. The highest BCUT2D eigenvalue weighted by Crippen LogP contribution is 2.42. The molecule has 0 bridgehead atoms. The summed E-state index contributed by atoms with van der Waals surface area (Å²) in [6.45, 7) is 4.95. The second-order valence-corrected chi connectivity index (χ2v) is 8.27. The number of piperidine rings is 1. The van der Waals surface area contributed by atoms with Crippen LogP contribution in [0.15, 0.2) is 6.33 Å². The van der Waals surface area contributed by atoms with Crippen LogP contribution in [0, 0.1) is 0 Å². The summed E-state index contributed by atoms with van der Waals surface area (Å²) >= 11 is 1.72. The van der Waals surface area contributed by atoms with Gasteiger partial charge < -0.3 is 9.64 Å². The summed E-state index contributed by atoms with van der Waals surface area (Å²) in [5.74, 6) is 2.07. The van der Waals surface area contributed by atoms with Crippen molar-refractivity contribution in [1.82, 2.24) is 9.97 Å². The van der Waals surface area contributed by atoms with E-state index in [1.165, 1.54) is 54.4 Å². The molecule has 2 aliphatic rings. The Morgan fingerprint density at radius 3 is 2.73 bits per heavy atom. The van der Waals surface area contributed by atoms with Gasteiger partial charge in [0.2, 0.25) is 5.52 Å². The van der Waals surface area contributed by atoms with Crippen molar-refractivity contribution in [3.05, 3.63) is 17.5 Å². The SMILES string of the molecule is CCOc1[nH+]cnc2c1sc1nc(N3CCCCC3)c3c(c12)CCCC3. The van der Waals surface area contributed by atoms with Gasteiger partial charge >= 0.3 is 5.88 Å². The van der Waals surface area contributed by atoms with Crippen molar-refractivity contribution >= 4 is 37.6 Å². The number of nitrogens with zero attached hydrogens (tertiary/aromatic N) is 3. The lowest BCUT2D eigenvalue weighted by Gasteiger charge is -2.31. The molecule has 1 aliphatic carbocycles. The zero-order valence-corrected chi connectivity index (χ0v) is 16.1. The first-order valence-corrected chi connectivity index (χ1v) is 10.7. The Balaban J connectivity index is 1.77. The van der Waals surface area contributed by atoms with Gasteiger partial charge in [-0.1, -0.05) is 0 Å². The molecule has 1 fully saturated rings. The summed E-state index contributed by atoms with van der Waals surface area (Å²) in [5.41, 5.74) is 4.04. The van der Waals surface area contributed by atoms with Crippen molar-refractivity contribution < 1.29 is 9.72 Å². The third-order valence-electron chi connectivity index (χ3n) is 5.65. The number of thiophene rings is 1. The van der Waals surface area contributed by atoms with E-state index in [-0.39, 0.29) is 0 Å². The number of aryl methyl sites for hydroxylation is 1. The molecular weight excluding hydrogens is 344 g/mol. The molecule has 1 saturated heterocycles. The van der Waals surface area contributed by atoms with E-state index in [2.05, 4.69) is 14.9 Å². The zero-order chi connectivity index (χ0) is 17.5. The van der Waals surface area contributed by atoms with E-state index in [0.29, 0.717) is 6.61 Å². The van der Waals surface area contributed by atoms with Gasteiger partial charge in [0.1, 0.15) is 10.6 Å². The van der Waals surface area contributed by atoms with Gasteiger partial charge in [-0.25, -0.2) is 9.97 Å². The third-order valence-corrected chi connectivity index (χ3v) is 6.72. The first kappa shape index (κ1) is 16.2. The molecule has 3 aromatic rings. The molecule has 5 nitrogen and oxygen atoms in total. The monoisotopic (exact) mass is 369 g/mol. The Bertz CT molecular complexity index is 961. The van der Waals surface area contributed by atoms with Crippen LogP contribution in [0.2, 0.25) is 0 Å². The van der Waals surface area contributed by atoms with Crippen LogP contribution >= 0.6 is 11.3 Å². The molecule has 0 aromatic carbocycles. The average Bonchev–Trinajstić information content (AvgIpc) is 3.08. The summed E-state index contributed by atoms with van der Waals surface area (Å²) in [7, 11) is 0. The number of fused-ring (bicyclic) bond motifs is 5. The van der Waals surface area contributed by atoms with Crippen molar-refractivity contribution in [3.8, 4) is 5.88 Å². The number of hydrogen-bond donors (Lipinski definition) is 0. The van der Waals surface area contributed by atoms with E-state index in [1.54, 1.807) is 17.7 Å². The summed E-state index contributed by atoms with van der Waals surface area (Å²) in [4.78, 5) is 16.7. The van der Waals surface area contributed by atoms with E-state index in [1.807, 2.05) is 6.92 Å². The molecular formula is C20H25N4OS+. The predicted octanol–water partition coefficient (Wildman–Crippen LogP) is 3.93. The minimum absolute atomic E-state index is 0.647. The summed E-state index contributed by atoms with van der Waals surface area (Å²) in [6.07, 6.45) is 10.5. The average molecular weight is 370 g/mol. The second-order valence-electron chi connectivity index (χ2n) is 7.27. The Morgan fingerprint density at radius 2 is 1.92 bits per heavy atom. The molecule has 0 atom stereocenters. The zero-order valence-electron chi connectivity index (χ0n) is 15.3. The Morgan fingerprint density at radius 1 is 1.12 bits per heavy atom. The van der Waals surface area contributed by atoms with Crippen LogP contribution in [0.4, 0.5) is 5.82 Å². The molecule has 5 rings (SSSR count). The summed E-state index contributed by atoms with van der Waals surface area (Å²) < 4.78 is 6.91. The number of aromatic nitrogens is 3.